The van der Waals surface area contributed by atoms with Crippen molar-refractivity contribution in [2.45, 2.75) is 51.4 Å². The summed E-state index contributed by atoms with van der Waals surface area (Å²) in [4.78, 5) is 16.1. The smallest absolute Gasteiger partial charge is 0.164 e. The van der Waals surface area contributed by atoms with Crippen LogP contribution in [0.3, 0.4) is 0 Å². The summed E-state index contributed by atoms with van der Waals surface area (Å²) in [5, 5.41) is 6.63. The maximum atomic E-state index is 6.68. The Labute approximate surface area is 344 Å². The Hall–Kier alpha value is -6.91. The average Bonchev–Trinajstić information content (AvgIpc) is 3.66. The standard InChI is InChI=1S/C55H43N3O/c1-54(2)28-29-55(3,4)47-32-37(26-27-46(47)54)39-31-45(50-43-20-12-13-21-48(43)59-49(50)33-39)53-57-51(36-24-22-35(23-25-36)34-14-6-5-7-15-34)56-52(58-53)44-30-38-16-8-9-17-40(38)41-18-10-11-19-42(41)44/h5-27,30-33H,28-29H2,1-4H3. The zero-order chi connectivity index (χ0) is 39.9. The van der Waals surface area contributed by atoms with Crippen LogP contribution in [0.5, 0.6) is 0 Å². The first-order valence-electron chi connectivity index (χ1n) is 20.6. The Balaban J connectivity index is 1.18. The number of nitrogens with zero attached hydrogens (tertiary/aromatic N) is 3. The van der Waals surface area contributed by atoms with Gasteiger partial charge in [0.05, 0.1) is 0 Å². The first kappa shape index (κ1) is 35.3. The van der Waals surface area contributed by atoms with Crippen molar-refractivity contribution in [3.05, 3.63) is 175 Å². The van der Waals surface area contributed by atoms with Gasteiger partial charge in [-0.1, -0.05) is 167 Å². The summed E-state index contributed by atoms with van der Waals surface area (Å²) in [6, 6.07) is 58.2. The molecule has 2 heterocycles. The highest BCUT2D eigenvalue weighted by molar-refractivity contribution is 6.14. The molecule has 0 amide bonds. The van der Waals surface area contributed by atoms with Gasteiger partial charge in [0.15, 0.2) is 17.5 Å². The summed E-state index contributed by atoms with van der Waals surface area (Å²) in [6.07, 6.45) is 2.32. The van der Waals surface area contributed by atoms with E-state index in [1.54, 1.807) is 0 Å². The second-order valence-corrected chi connectivity index (χ2v) is 17.5. The number of fused-ring (bicyclic) bond motifs is 7. The van der Waals surface area contributed by atoms with E-state index in [1.807, 2.05) is 18.2 Å². The largest absolute Gasteiger partial charge is 0.456 e. The van der Waals surface area contributed by atoms with Crippen molar-refractivity contribution in [1.29, 1.82) is 0 Å². The summed E-state index contributed by atoms with van der Waals surface area (Å²) in [5.41, 5.74) is 12.0. The molecule has 10 aromatic rings. The third-order valence-electron chi connectivity index (χ3n) is 12.8. The normalized spacial score (nSPS) is 14.6. The van der Waals surface area contributed by atoms with Crippen LogP contribution in [0.4, 0.5) is 0 Å². The minimum absolute atomic E-state index is 0.0733. The zero-order valence-corrected chi connectivity index (χ0v) is 33.8. The fourth-order valence-electron chi connectivity index (χ4n) is 9.39. The second kappa shape index (κ2) is 13.3. The molecule has 1 aliphatic rings. The number of furan rings is 1. The SMILES string of the molecule is CC1(C)CCC(C)(C)c2cc(-c3cc(-c4nc(-c5ccc(-c6ccccc6)cc5)nc(-c5cc6ccccc6c6ccccc56)n4)c4c(c3)oc3ccccc34)ccc21. The number of aromatic nitrogens is 3. The van der Waals surface area contributed by atoms with Gasteiger partial charge in [-0.05, 0) is 103 Å². The van der Waals surface area contributed by atoms with Gasteiger partial charge in [0, 0.05) is 27.5 Å². The maximum Gasteiger partial charge on any atom is 0.164 e. The number of para-hydroxylation sites is 1. The Morgan fingerprint density at radius 3 is 1.75 bits per heavy atom. The molecule has 59 heavy (non-hydrogen) atoms. The highest BCUT2D eigenvalue weighted by atomic mass is 16.3. The van der Waals surface area contributed by atoms with Crippen LogP contribution in [-0.4, -0.2) is 15.0 Å². The minimum atomic E-state index is 0.0733. The molecule has 284 valence electrons. The highest BCUT2D eigenvalue weighted by Crippen LogP contribution is 2.48. The van der Waals surface area contributed by atoms with Gasteiger partial charge in [0.1, 0.15) is 11.2 Å². The molecule has 0 saturated heterocycles. The Morgan fingerprint density at radius 1 is 0.390 bits per heavy atom. The maximum absolute atomic E-state index is 6.68. The van der Waals surface area contributed by atoms with Gasteiger partial charge in [-0.15, -0.1) is 0 Å². The molecule has 0 saturated carbocycles. The van der Waals surface area contributed by atoms with Gasteiger partial charge in [-0.3, -0.25) is 0 Å². The minimum Gasteiger partial charge on any atom is -0.456 e. The molecular formula is C55H43N3O. The molecule has 0 N–H and O–H groups in total. The van der Waals surface area contributed by atoms with E-state index in [0.717, 1.165) is 72.5 Å². The lowest BCUT2D eigenvalue weighted by Gasteiger charge is -2.42. The van der Waals surface area contributed by atoms with Crippen LogP contribution in [0.2, 0.25) is 0 Å². The summed E-state index contributed by atoms with van der Waals surface area (Å²) >= 11 is 0. The molecule has 11 rings (SSSR count). The number of rotatable bonds is 5. The average molecular weight is 762 g/mol. The fraction of sp³-hybridized carbons (Fsp3) is 0.145. The van der Waals surface area contributed by atoms with E-state index in [4.69, 9.17) is 19.4 Å². The van der Waals surface area contributed by atoms with Gasteiger partial charge in [-0.2, -0.15) is 0 Å². The molecule has 2 aromatic heterocycles. The monoisotopic (exact) mass is 761 g/mol. The van der Waals surface area contributed by atoms with E-state index < -0.39 is 0 Å². The molecule has 0 unspecified atom stereocenters. The predicted molar refractivity (Wildman–Crippen MR) is 245 cm³/mol. The van der Waals surface area contributed by atoms with Crippen LogP contribution in [0.1, 0.15) is 51.7 Å². The number of hydrogen-bond donors (Lipinski definition) is 0. The van der Waals surface area contributed by atoms with Gasteiger partial charge >= 0.3 is 0 Å². The van der Waals surface area contributed by atoms with Crippen LogP contribution in [-0.2, 0) is 10.8 Å². The topological polar surface area (TPSA) is 51.8 Å². The summed E-state index contributed by atoms with van der Waals surface area (Å²) in [6.45, 7) is 9.53. The van der Waals surface area contributed by atoms with Crippen LogP contribution >= 0.6 is 0 Å². The molecule has 0 aliphatic heterocycles. The molecule has 8 aromatic carbocycles. The molecular weight excluding hydrogens is 719 g/mol. The third-order valence-corrected chi connectivity index (χ3v) is 12.8. The fourth-order valence-corrected chi connectivity index (χ4v) is 9.39. The summed E-state index contributed by atoms with van der Waals surface area (Å²) in [5.74, 6) is 1.85. The van der Waals surface area contributed by atoms with E-state index in [-0.39, 0.29) is 10.8 Å². The van der Waals surface area contributed by atoms with Crippen molar-refractivity contribution in [2.24, 2.45) is 0 Å². The molecule has 0 bridgehead atoms. The molecule has 4 nitrogen and oxygen atoms in total. The van der Waals surface area contributed by atoms with E-state index in [2.05, 4.69) is 173 Å². The zero-order valence-electron chi connectivity index (χ0n) is 33.8. The summed E-state index contributed by atoms with van der Waals surface area (Å²) < 4.78 is 6.68. The van der Waals surface area contributed by atoms with Crippen molar-refractivity contribution in [2.75, 3.05) is 0 Å². The number of hydrogen-bond acceptors (Lipinski definition) is 4. The molecule has 0 fully saturated rings. The van der Waals surface area contributed by atoms with Crippen molar-refractivity contribution >= 4 is 43.5 Å². The molecule has 0 spiro atoms. The van der Waals surface area contributed by atoms with Crippen LogP contribution in [0, 0.1) is 0 Å². The molecule has 1 aliphatic carbocycles. The first-order chi connectivity index (χ1) is 28.7. The van der Waals surface area contributed by atoms with Gasteiger partial charge in [0.2, 0.25) is 0 Å². The second-order valence-electron chi connectivity index (χ2n) is 17.5. The van der Waals surface area contributed by atoms with Crippen molar-refractivity contribution in [3.63, 3.8) is 0 Å². The highest BCUT2D eigenvalue weighted by Gasteiger charge is 2.37. The van der Waals surface area contributed by atoms with E-state index in [9.17, 15) is 0 Å². The third kappa shape index (κ3) is 5.93. The molecule has 0 atom stereocenters. The quantitative estimate of drug-likeness (QED) is 0.164. The van der Waals surface area contributed by atoms with E-state index >= 15 is 0 Å². The Kier molecular flexibility index (Phi) is 7.96. The Bertz CT molecular complexity index is 3270. The molecule has 4 heteroatoms. The van der Waals surface area contributed by atoms with Crippen LogP contribution < -0.4 is 0 Å². The lowest BCUT2D eigenvalue weighted by atomic mass is 9.63. The van der Waals surface area contributed by atoms with Gasteiger partial charge in [-0.25, -0.2) is 15.0 Å². The van der Waals surface area contributed by atoms with Crippen LogP contribution in [0.15, 0.2) is 168 Å². The van der Waals surface area contributed by atoms with Gasteiger partial charge < -0.3 is 4.42 Å². The van der Waals surface area contributed by atoms with Gasteiger partial charge in [0.25, 0.3) is 0 Å². The lowest BCUT2D eigenvalue weighted by molar-refractivity contribution is 0.332. The first-order valence-corrected chi connectivity index (χ1v) is 20.6. The number of benzene rings is 8. The van der Waals surface area contributed by atoms with Crippen molar-refractivity contribution in [3.8, 4) is 56.4 Å². The predicted octanol–water partition coefficient (Wildman–Crippen LogP) is 14.8. The molecule has 0 radical (unpaired) electrons. The van der Waals surface area contributed by atoms with E-state index in [0.29, 0.717) is 17.5 Å². The Morgan fingerprint density at radius 2 is 0.966 bits per heavy atom. The van der Waals surface area contributed by atoms with Crippen molar-refractivity contribution in [1.82, 2.24) is 15.0 Å². The van der Waals surface area contributed by atoms with Crippen LogP contribution in [0.25, 0.3) is 99.9 Å². The lowest BCUT2D eigenvalue weighted by Crippen LogP contribution is -2.33. The van der Waals surface area contributed by atoms with E-state index in [1.165, 1.54) is 33.9 Å². The summed E-state index contributed by atoms with van der Waals surface area (Å²) in [7, 11) is 0. The van der Waals surface area contributed by atoms with Crippen molar-refractivity contribution < 1.29 is 4.42 Å².